The van der Waals surface area contributed by atoms with Gasteiger partial charge in [-0.25, -0.2) is 0 Å². The SMILES string of the molecule is CCC(=C(C#N)c1ccc(Cl)cc1)c1ccc(OCCN(CC)CC)cc1.Cl. The molecule has 0 aliphatic rings. The molecule has 0 unspecified atom stereocenters. The van der Waals surface area contributed by atoms with E-state index in [-0.39, 0.29) is 12.4 Å². The summed E-state index contributed by atoms with van der Waals surface area (Å²) in [6, 6.07) is 17.8. The number of hydrogen-bond donors (Lipinski definition) is 0. The van der Waals surface area contributed by atoms with Crippen molar-refractivity contribution in [3.8, 4) is 11.8 Å². The van der Waals surface area contributed by atoms with Crippen molar-refractivity contribution in [2.24, 2.45) is 0 Å². The Bertz CT molecular complexity index is 789. The van der Waals surface area contributed by atoms with Crippen LogP contribution < -0.4 is 4.74 Å². The third kappa shape index (κ3) is 6.56. The zero-order chi connectivity index (χ0) is 19.6. The number of nitrogens with zero attached hydrogens (tertiary/aromatic N) is 2. The molecule has 0 atom stereocenters. The largest absolute Gasteiger partial charge is 0.492 e. The molecule has 150 valence electrons. The van der Waals surface area contributed by atoms with E-state index in [1.807, 2.05) is 48.5 Å². The number of benzene rings is 2. The summed E-state index contributed by atoms with van der Waals surface area (Å²) in [6.07, 6.45) is 0.772. The van der Waals surface area contributed by atoms with Gasteiger partial charge in [0.25, 0.3) is 0 Å². The van der Waals surface area contributed by atoms with Gasteiger partial charge in [-0.1, -0.05) is 56.6 Å². The zero-order valence-corrected chi connectivity index (χ0v) is 18.3. The molecular formula is C23H28Cl2N2O. The van der Waals surface area contributed by atoms with Gasteiger partial charge in [-0.3, -0.25) is 0 Å². The maximum absolute atomic E-state index is 9.71. The number of ether oxygens (including phenoxy) is 1. The van der Waals surface area contributed by atoms with Crippen LogP contribution in [0.4, 0.5) is 0 Å². The number of halogens is 2. The molecular weight excluding hydrogens is 391 g/mol. The first-order chi connectivity index (χ1) is 13.1. The third-order valence-electron chi connectivity index (χ3n) is 4.67. The average Bonchev–Trinajstić information content (AvgIpc) is 2.71. The summed E-state index contributed by atoms with van der Waals surface area (Å²) in [5, 5.41) is 10.4. The molecule has 0 heterocycles. The van der Waals surface area contributed by atoms with Crippen LogP contribution in [0, 0.1) is 11.3 Å². The van der Waals surface area contributed by atoms with E-state index in [2.05, 4.69) is 31.7 Å². The van der Waals surface area contributed by atoms with E-state index in [9.17, 15) is 5.26 Å². The van der Waals surface area contributed by atoms with E-state index in [4.69, 9.17) is 16.3 Å². The van der Waals surface area contributed by atoms with Gasteiger partial charge in [-0.15, -0.1) is 12.4 Å². The molecule has 0 spiro atoms. The molecule has 0 aromatic heterocycles. The topological polar surface area (TPSA) is 36.3 Å². The van der Waals surface area contributed by atoms with Crippen LogP contribution in [0.2, 0.25) is 5.02 Å². The molecule has 0 saturated heterocycles. The van der Waals surface area contributed by atoms with Gasteiger partial charge < -0.3 is 9.64 Å². The first-order valence-electron chi connectivity index (χ1n) is 9.47. The van der Waals surface area contributed by atoms with Crippen molar-refractivity contribution < 1.29 is 4.74 Å². The number of hydrogen-bond acceptors (Lipinski definition) is 3. The highest BCUT2D eigenvalue weighted by Gasteiger charge is 2.10. The lowest BCUT2D eigenvalue weighted by Gasteiger charge is -2.18. The zero-order valence-electron chi connectivity index (χ0n) is 16.7. The van der Waals surface area contributed by atoms with Crippen molar-refractivity contribution in [2.45, 2.75) is 27.2 Å². The average molecular weight is 419 g/mol. The molecule has 0 aliphatic heterocycles. The minimum atomic E-state index is 0. The van der Waals surface area contributed by atoms with E-state index in [0.717, 1.165) is 48.5 Å². The van der Waals surface area contributed by atoms with Gasteiger partial charge >= 0.3 is 0 Å². The van der Waals surface area contributed by atoms with Crippen LogP contribution >= 0.6 is 24.0 Å². The summed E-state index contributed by atoms with van der Waals surface area (Å²) in [5.41, 5.74) is 3.64. The van der Waals surface area contributed by atoms with Crippen LogP contribution in [0.1, 0.15) is 38.3 Å². The molecule has 28 heavy (non-hydrogen) atoms. The molecule has 0 saturated carbocycles. The van der Waals surface area contributed by atoms with Crippen molar-refractivity contribution >= 4 is 35.2 Å². The van der Waals surface area contributed by atoms with Crippen LogP contribution in [0.5, 0.6) is 5.75 Å². The Kier molecular flexibility index (Phi) is 10.7. The van der Waals surface area contributed by atoms with Crippen molar-refractivity contribution in [3.63, 3.8) is 0 Å². The van der Waals surface area contributed by atoms with Crippen molar-refractivity contribution in [1.29, 1.82) is 5.26 Å². The van der Waals surface area contributed by atoms with Gasteiger partial charge in [0.05, 0.1) is 5.57 Å². The van der Waals surface area contributed by atoms with Gasteiger partial charge in [-0.2, -0.15) is 5.26 Å². The summed E-state index contributed by atoms with van der Waals surface area (Å²) in [7, 11) is 0. The maximum atomic E-state index is 9.71. The van der Waals surface area contributed by atoms with Crippen LogP contribution in [-0.4, -0.2) is 31.1 Å². The fourth-order valence-corrected chi connectivity index (χ4v) is 3.16. The Balaban J connectivity index is 0.00000392. The predicted molar refractivity (Wildman–Crippen MR) is 121 cm³/mol. The lowest BCUT2D eigenvalue weighted by atomic mass is 9.93. The number of likely N-dealkylation sites (N-methyl/N-ethyl adjacent to an activating group) is 1. The minimum Gasteiger partial charge on any atom is -0.492 e. The van der Waals surface area contributed by atoms with E-state index in [0.29, 0.717) is 17.2 Å². The van der Waals surface area contributed by atoms with Gasteiger partial charge in [0.15, 0.2) is 0 Å². The monoisotopic (exact) mass is 418 g/mol. The van der Waals surface area contributed by atoms with E-state index >= 15 is 0 Å². The summed E-state index contributed by atoms with van der Waals surface area (Å²) < 4.78 is 5.86. The van der Waals surface area contributed by atoms with Crippen LogP contribution in [-0.2, 0) is 0 Å². The Morgan fingerprint density at radius 3 is 2.04 bits per heavy atom. The summed E-state index contributed by atoms with van der Waals surface area (Å²) in [4.78, 5) is 2.33. The van der Waals surface area contributed by atoms with E-state index in [1.165, 1.54) is 0 Å². The number of nitriles is 1. The molecule has 3 nitrogen and oxygen atoms in total. The van der Waals surface area contributed by atoms with Crippen molar-refractivity contribution in [2.75, 3.05) is 26.2 Å². The van der Waals surface area contributed by atoms with Gasteiger partial charge in [0.2, 0.25) is 0 Å². The molecule has 2 aromatic carbocycles. The van der Waals surface area contributed by atoms with Gasteiger partial charge in [0, 0.05) is 11.6 Å². The smallest absolute Gasteiger partial charge is 0.119 e. The van der Waals surface area contributed by atoms with Crippen molar-refractivity contribution in [3.05, 3.63) is 64.7 Å². The highest BCUT2D eigenvalue weighted by Crippen LogP contribution is 2.30. The normalized spacial score (nSPS) is 11.4. The lowest BCUT2D eigenvalue weighted by molar-refractivity contribution is 0.223. The lowest BCUT2D eigenvalue weighted by Crippen LogP contribution is -2.27. The van der Waals surface area contributed by atoms with Gasteiger partial charge in [-0.05, 0) is 60.5 Å². The van der Waals surface area contributed by atoms with Crippen molar-refractivity contribution in [1.82, 2.24) is 4.90 Å². The molecule has 0 bridgehead atoms. The fourth-order valence-electron chi connectivity index (χ4n) is 3.03. The molecule has 0 aliphatic carbocycles. The number of rotatable bonds is 9. The molecule has 0 N–H and O–H groups in total. The fraction of sp³-hybridized carbons (Fsp3) is 0.348. The molecule has 0 radical (unpaired) electrons. The molecule has 0 fully saturated rings. The standard InChI is InChI=1S/C23H27ClN2O.ClH/c1-4-22(23(17-25)19-7-11-20(24)12-8-19)18-9-13-21(14-10-18)27-16-15-26(5-2)6-3;/h7-14H,4-6,15-16H2,1-3H3;1H. The first-order valence-corrected chi connectivity index (χ1v) is 9.85. The number of allylic oxidation sites excluding steroid dienone is 2. The minimum absolute atomic E-state index is 0. The predicted octanol–water partition coefficient (Wildman–Crippen LogP) is 6.33. The molecule has 2 rings (SSSR count). The van der Waals surface area contributed by atoms with E-state index in [1.54, 1.807) is 0 Å². The van der Waals surface area contributed by atoms with Crippen LogP contribution in [0.3, 0.4) is 0 Å². The summed E-state index contributed by atoms with van der Waals surface area (Å²) >= 11 is 5.97. The Labute approximate surface area is 180 Å². The highest BCUT2D eigenvalue weighted by molar-refractivity contribution is 6.30. The Hall–Kier alpha value is -1.99. The third-order valence-corrected chi connectivity index (χ3v) is 4.93. The quantitative estimate of drug-likeness (QED) is 0.352. The Morgan fingerprint density at radius 2 is 1.54 bits per heavy atom. The second-order valence-corrected chi connectivity index (χ2v) is 6.66. The molecule has 0 amide bonds. The van der Waals surface area contributed by atoms with Crippen LogP contribution in [0.15, 0.2) is 48.5 Å². The Morgan fingerprint density at radius 1 is 0.964 bits per heavy atom. The summed E-state index contributed by atoms with van der Waals surface area (Å²) in [5.74, 6) is 0.853. The molecule has 2 aromatic rings. The second kappa shape index (κ2) is 12.5. The van der Waals surface area contributed by atoms with Gasteiger partial charge in [0.1, 0.15) is 18.4 Å². The summed E-state index contributed by atoms with van der Waals surface area (Å²) in [6.45, 7) is 10.0. The maximum Gasteiger partial charge on any atom is 0.119 e. The van der Waals surface area contributed by atoms with E-state index < -0.39 is 0 Å². The first kappa shape index (κ1) is 24.0. The highest BCUT2D eigenvalue weighted by atomic mass is 35.5. The van der Waals surface area contributed by atoms with Crippen LogP contribution in [0.25, 0.3) is 11.1 Å². The second-order valence-electron chi connectivity index (χ2n) is 6.23. The molecule has 5 heteroatoms.